The lowest BCUT2D eigenvalue weighted by Gasteiger charge is -2.37. The van der Waals surface area contributed by atoms with Crippen molar-refractivity contribution in [1.82, 2.24) is 24.7 Å². The van der Waals surface area contributed by atoms with Crippen molar-refractivity contribution in [3.05, 3.63) is 18.2 Å². The zero-order valence-electron chi connectivity index (χ0n) is 16.2. The minimum atomic E-state index is 0. The monoisotopic (exact) mass is 462 g/mol. The number of rotatable bonds is 7. The van der Waals surface area contributed by atoms with Gasteiger partial charge in [0.1, 0.15) is 5.82 Å². The average Bonchev–Trinajstić information content (AvgIpc) is 2.96. The summed E-state index contributed by atoms with van der Waals surface area (Å²) in [6.45, 7) is 14.3. The van der Waals surface area contributed by atoms with Gasteiger partial charge in [0.05, 0.1) is 0 Å². The van der Waals surface area contributed by atoms with E-state index in [0.717, 1.165) is 69.8 Å². The Hall–Kier alpha value is -0.830. The molecule has 1 aromatic heterocycles. The normalized spacial score (nSPS) is 16.2. The Labute approximate surface area is 170 Å². The third-order valence-electron chi connectivity index (χ3n) is 4.54. The summed E-state index contributed by atoms with van der Waals surface area (Å²) in [5.74, 6) is 2.89. The molecule has 144 valence electrons. The summed E-state index contributed by atoms with van der Waals surface area (Å²) in [6, 6.07) is 0. The van der Waals surface area contributed by atoms with Crippen molar-refractivity contribution >= 4 is 29.9 Å². The van der Waals surface area contributed by atoms with Crippen molar-refractivity contribution in [3.8, 4) is 0 Å². The van der Waals surface area contributed by atoms with Crippen molar-refractivity contribution in [3.63, 3.8) is 0 Å². The number of halogens is 1. The maximum atomic E-state index is 4.46. The van der Waals surface area contributed by atoms with Crippen LogP contribution in [0, 0.1) is 12.8 Å². The predicted molar refractivity (Wildman–Crippen MR) is 116 cm³/mol. The molecule has 1 aliphatic heterocycles. The molecule has 1 N–H and O–H groups in total. The molecule has 2 rings (SSSR count). The van der Waals surface area contributed by atoms with Crippen LogP contribution in [-0.4, -0.2) is 71.6 Å². The van der Waals surface area contributed by atoms with Gasteiger partial charge in [0.25, 0.3) is 0 Å². The predicted octanol–water partition coefficient (Wildman–Crippen LogP) is 2.44. The molecule has 0 amide bonds. The van der Waals surface area contributed by atoms with Gasteiger partial charge in [0, 0.05) is 65.3 Å². The molecule has 0 aliphatic carbocycles. The molecule has 0 radical (unpaired) electrons. The number of nitrogens with one attached hydrogen (secondary N) is 1. The Morgan fingerprint density at radius 2 is 1.96 bits per heavy atom. The number of hydrogen-bond donors (Lipinski definition) is 1. The highest BCUT2D eigenvalue weighted by molar-refractivity contribution is 14.0. The van der Waals surface area contributed by atoms with E-state index < -0.39 is 0 Å². The van der Waals surface area contributed by atoms with Crippen molar-refractivity contribution < 1.29 is 0 Å². The molecule has 1 fully saturated rings. The lowest BCUT2D eigenvalue weighted by molar-refractivity contribution is 0.164. The van der Waals surface area contributed by atoms with Crippen LogP contribution in [0.4, 0.5) is 0 Å². The molecule has 6 nitrogen and oxygen atoms in total. The highest BCUT2D eigenvalue weighted by atomic mass is 127. The average molecular weight is 462 g/mol. The summed E-state index contributed by atoms with van der Waals surface area (Å²) < 4.78 is 2.21. The lowest BCUT2D eigenvalue weighted by Crippen LogP contribution is -2.53. The number of aliphatic imine (C=N–C) groups is 1. The minimum Gasteiger partial charge on any atom is -0.356 e. The number of unbranched alkanes of at least 4 members (excludes halogenated alkanes) is 1. The second-order valence-corrected chi connectivity index (χ2v) is 7.03. The van der Waals surface area contributed by atoms with Crippen LogP contribution < -0.4 is 5.32 Å². The van der Waals surface area contributed by atoms with Gasteiger partial charge in [-0.15, -0.1) is 24.0 Å². The zero-order chi connectivity index (χ0) is 17.4. The molecular weight excluding hydrogens is 427 g/mol. The molecular formula is C18H35IN6. The van der Waals surface area contributed by atoms with E-state index in [2.05, 4.69) is 56.6 Å². The van der Waals surface area contributed by atoms with Crippen LogP contribution in [0.5, 0.6) is 0 Å². The number of hydrogen-bond acceptors (Lipinski definition) is 3. The van der Waals surface area contributed by atoms with Gasteiger partial charge in [-0.2, -0.15) is 0 Å². The van der Waals surface area contributed by atoms with Gasteiger partial charge >= 0.3 is 0 Å². The lowest BCUT2D eigenvalue weighted by atomic mass is 10.2. The van der Waals surface area contributed by atoms with Crippen molar-refractivity contribution in [2.45, 2.75) is 40.2 Å². The first kappa shape index (κ1) is 22.2. The molecule has 0 atom stereocenters. The SMILES string of the molecule is CN=C(NCCCCn1ccnc1C)N1CCN(CC(C)C)CC1.I. The molecule has 0 saturated carbocycles. The third kappa shape index (κ3) is 7.52. The number of imidazole rings is 1. The highest BCUT2D eigenvalue weighted by Gasteiger charge is 2.19. The maximum absolute atomic E-state index is 4.46. The Bertz CT molecular complexity index is 505. The van der Waals surface area contributed by atoms with Crippen LogP contribution in [-0.2, 0) is 6.54 Å². The van der Waals surface area contributed by atoms with Crippen molar-refractivity contribution in [1.29, 1.82) is 0 Å². The first-order chi connectivity index (χ1) is 11.6. The molecule has 0 spiro atoms. The van der Waals surface area contributed by atoms with Gasteiger partial charge in [-0.05, 0) is 25.7 Å². The molecule has 0 bridgehead atoms. The third-order valence-corrected chi connectivity index (χ3v) is 4.54. The number of aromatic nitrogens is 2. The van der Waals surface area contributed by atoms with E-state index in [1.807, 2.05) is 13.2 Å². The summed E-state index contributed by atoms with van der Waals surface area (Å²) >= 11 is 0. The Morgan fingerprint density at radius 3 is 2.52 bits per heavy atom. The zero-order valence-corrected chi connectivity index (χ0v) is 18.6. The topological polar surface area (TPSA) is 48.7 Å². The summed E-state index contributed by atoms with van der Waals surface area (Å²) in [6.07, 6.45) is 6.22. The Morgan fingerprint density at radius 1 is 1.24 bits per heavy atom. The minimum absolute atomic E-state index is 0. The molecule has 1 saturated heterocycles. The fourth-order valence-corrected chi connectivity index (χ4v) is 3.24. The van der Waals surface area contributed by atoms with Crippen molar-refractivity contribution in [2.75, 3.05) is 46.3 Å². The number of guanidine groups is 1. The summed E-state index contributed by atoms with van der Waals surface area (Å²) in [5.41, 5.74) is 0. The highest BCUT2D eigenvalue weighted by Crippen LogP contribution is 2.06. The molecule has 7 heteroatoms. The van der Waals surface area contributed by atoms with Gasteiger partial charge in [0.15, 0.2) is 5.96 Å². The Balaban J connectivity index is 0.00000312. The van der Waals surface area contributed by atoms with Crippen molar-refractivity contribution in [2.24, 2.45) is 10.9 Å². The van der Waals surface area contributed by atoms with Crippen LogP contribution in [0.3, 0.4) is 0 Å². The molecule has 0 aromatic carbocycles. The first-order valence-corrected chi connectivity index (χ1v) is 9.26. The fraction of sp³-hybridized carbons (Fsp3) is 0.778. The number of nitrogens with zero attached hydrogens (tertiary/aromatic N) is 5. The second-order valence-electron chi connectivity index (χ2n) is 7.03. The summed E-state index contributed by atoms with van der Waals surface area (Å²) in [5, 5.41) is 3.52. The van der Waals surface area contributed by atoms with E-state index >= 15 is 0 Å². The molecule has 1 aromatic rings. The van der Waals surface area contributed by atoms with Gasteiger partial charge < -0.3 is 14.8 Å². The van der Waals surface area contributed by atoms with Crippen LogP contribution in [0.15, 0.2) is 17.4 Å². The maximum Gasteiger partial charge on any atom is 0.193 e. The molecule has 1 aliphatic rings. The molecule has 2 heterocycles. The Kier molecular flexibility index (Phi) is 10.4. The van der Waals surface area contributed by atoms with E-state index in [0.29, 0.717) is 0 Å². The molecule has 25 heavy (non-hydrogen) atoms. The van der Waals surface area contributed by atoms with E-state index in [4.69, 9.17) is 0 Å². The van der Waals surface area contributed by atoms with E-state index in [-0.39, 0.29) is 24.0 Å². The molecule has 0 unspecified atom stereocenters. The second kappa shape index (κ2) is 11.7. The fourth-order valence-electron chi connectivity index (χ4n) is 3.24. The quantitative estimate of drug-likeness (QED) is 0.293. The van der Waals surface area contributed by atoms with Crippen LogP contribution in [0.25, 0.3) is 0 Å². The number of aryl methyl sites for hydroxylation is 2. The van der Waals surface area contributed by atoms with E-state index in [1.165, 1.54) is 6.54 Å². The van der Waals surface area contributed by atoms with Crippen LogP contribution >= 0.6 is 24.0 Å². The van der Waals surface area contributed by atoms with Gasteiger partial charge in [-0.1, -0.05) is 13.8 Å². The smallest absolute Gasteiger partial charge is 0.193 e. The summed E-state index contributed by atoms with van der Waals surface area (Å²) in [4.78, 5) is 13.7. The van der Waals surface area contributed by atoms with E-state index in [9.17, 15) is 0 Å². The number of piperazine rings is 1. The van der Waals surface area contributed by atoms with Gasteiger partial charge in [0.2, 0.25) is 0 Å². The first-order valence-electron chi connectivity index (χ1n) is 9.26. The standard InChI is InChI=1S/C18H34N6.HI/c1-16(2)15-22-11-13-24(14-12-22)18(19-4)21-7-5-6-9-23-10-8-20-17(23)3;/h8,10,16H,5-7,9,11-15H2,1-4H3,(H,19,21);1H. The van der Waals surface area contributed by atoms with E-state index in [1.54, 1.807) is 0 Å². The van der Waals surface area contributed by atoms with Gasteiger partial charge in [-0.3, -0.25) is 9.89 Å². The summed E-state index contributed by atoms with van der Waals surface area (Å²) in [7, 11) is 1.89. The largest absolute Gasteiger partial charge is 0.356 e. The van der Waals surface area contributed by atoms with Crippen LogP contribution in [0.2, 0.25) is 0 Å². The van der Waals surface area contributed by atoms with Crippen LogP contribution in [0.1, 0.15) is 32.5 Å². The van der Waals surface area contributed by atoms with Gasteiger partial charge in [-0.25, -0.2) is 4.98 Å².